The lowest BCUT2D eigenvalue weighted by Gasteiger charge is -2.08. The highest BCUT2D eigenvalue weighted by Gasteiger charge is 2.05. The molecule has 0 amide bonds. The first-order chi connectivity index (χ1) is 8.06. The summed E-state index contributed by atoms with van der Waals surface area (Å²) in [5, 5.41) is 1.41. The molecule has 2 aromatic carbocycles. The molecule has 2 rings (SSSR count). The van der Waals surface area contributed by atoms with Crippen molar-refractivity contribution in [1.82, 2.24) is 0 Å². The van der Waals surface area contributed by atoms with Crippen LogP contribution in [0, 0.1) is 0 Å². The van der Waals surface area contributed by atoms with E-state index in [2.05, 4.69) is 25.3 Å². The standard InChI is InChI=1S/C13H10Cl2S2/c14-10-3-1-9(13(17)6-10)5-8-2-4-11(16)7-12(8)15/h1-4,6-7,16-17H,5H2. The Morgan fingerprint density at radius 1 is 0.882 bits per heavy atom. The maximum atomic E-state index is 6.16. The van der Waals surface area contributed by atoms with Crippen LogP contribution in [0.1, 0.15) is 11.1 Å². The number of benzene rings is 2. The average Bonchev–Trinajstić information content (AvgIpc) is 2.25. The molecule has 0 radical (unpaired) electrons. The summed E-state index contributed by atoms with van der Waals surface area (Å²) in [7, 11) is 0. The summed E-state index contributed by atoms with van der Waals surface area (Å²) in [5.74, 6) is 0. The average molecular weight is 301 g/mol. The van der Waals surface area contributed by atoms with Gasteiger partial charge in [-0.15, -0.1) is 25.3 Å². The molecule has 0 aliphatic rings. The van der Waals surface area contributed by atoms with E-state index >= 15 is 0 Å². The largest absolute Gasteiger partial charge is 0.143 e. The van der Waals surface area contributed by atoms with Crippen LogP contribution in [0.15, 0.2) is 46.2 Å². The van der Waals surface area contributed by atoms with Crippen LogP contribution >= 0.6 is 48.5 Å². The van der Waals surface area contributed by atoms with Crippen LogP contribution in [0.25, 0.3) is 0 Å². The number of hydrogen-bond donors (Lipinski definition) is 2. The summed E-state index contributed by atoms with van der Waals surface area (Å²) >= 11 is 20.7. The Balaban J connectivity index is 2.31. The third-order valence-corrected chi connectivity index (χ3v) is 3.75. The number of halogens is 2. The lowest BCUT2D eigenvalue weighted by molar-refractivity contribution is 1.12. The van der Waals surface area contributed by atoms with Crippen molar-refractivity contribution < 1.29 is 0 Å². The highest BCUT2D eigenvalue weighted by molar-refractivity contribution is 7.80. The molecule has 0 nitrogen and oxygen atoms in total. The first kappa shape index (κ1) is 13.2. The zero-order valence-corrected chi connectivity index (χ0v) is 12.1. The molecule has 0 aliphatic carbocycles. The molecule has 0 aliphatic heterocycles. The minimum Gasteiger partial charge on any atom is -0.143 e. The lowest BCUT2D eigenvalue weighted by atomic mass is 10.1. The SMILES string of the molecule is Sc1ccc(Cc2ccc(Cl)cc2S)c(Cl)c1. The number of thiol groups is 2. The zero-order chi connectivity index (χ0) is 12.4. The maximum Gasteiger partial charge on any atom is 0.0452 e. The van der Waals surface area contributed by atoms with Crippen molar-refractivity contribution in [1.29, 1.82) is 0 Å². The van der Waals surface area contributed by atoms with Crippen LogP contribution in [0.3, 0.4) is 0 Å². The fourth-order valence-corrected chi connectivity index (χ4v) is 2.64. The van der Waals surface area contributed by atoms with Crippen LogP contribution in [-0.2, 0) is 6.42 Å². The molecule has 0 atom stereocenters. The van der Waals surface area contributed by atoms with E-state index < -0.39 is 0 Å². The van der Waals surface area contributed by atoms with Crippen LogP contribution < -0.4 is 0 Å². The number of rotatable bonds is 2. The first-order valence-corrected chi connectivity index (χ1v) is 6.66. The van der Waals surface area contributed by atoms with Crippen molar-refractivity contribution in [2.24, 2.45) is 0 Å². The van der Waals surface area contributed by atoms with Gasteiger partial charge in [0.25, 0.3) is 0 Å². The van der Waals surface area contributed by atoms with Crippen LogP contribution in [0.4, 0.5) is 0 Å². The molecule has 17 heavy (non-hydrogen) atoms. The summed E-state index contributed by atoms with van der Waals surface area (Å²) in [5.41, 5.74) is 2.16. The molecule has 0 saturated carbocycles. The monoisotopic (exact) mass is 300 g/mol. The second-order valence-corrected chi connectivity index (χ2v) is 5.57. The fourth-order valence-electron chi connectivity index (χ4n) is 1.57. The minimum atomic E-state index is 0.690. The molecular weight excluding hydrogens is 291 g/mol. The van der Waals surface area contributed by atoms with Crippen molar-refractivity contribution in [2.75, 3.05) is 0 Å². The second-order valence-electron chi connectivity index (χ2n) is 3.73. The number of hydrogen-bond acceptors (Lipinski definition) is 2. The second kappa shape index (κ2) is 5.57. The Kier molecular flexibility index (Phi) is 4.31. The van der Waals surface area contributed by atoms with Gasteiger partial charge in [-0.1, -0.05) is 35.3 Å². The van der Waals surface area contributed by atoms with Gasteiger partial charge >= 0.3 is 0 Å². The Bertz CT molecular complexity index is 504. The molecule has 0 bridgehead atoms. The van der Waals surface area contributed by atoms with Crippen molar-refractivity contribution in [3.8, 4) is 0 Å². The molecule has 0 saturated heterocycles. The topological polar surface area (TPSA) is 0 Å². The maximum absolute atomic E-state index is 6.16. The first-order valence-electron chi connectivity index (χ1n) is 5.01. The lowest BCUT2D eigenvalue weighted by Crippen LogP contribution is -1.91. The summed E-state index contributed by atoms with van der Waals surface area (Å²) in [6.45, 7) is 0. The van der Waals surface area contributed by atoms with Gasteiger partial charge in [-0.05, 0) is 35.4 Å². The van der Waals surface area contributed by atoms with E-state index in [1.807, 2.05) is 36.4 Å². The third kappa shape index (κ3) is 3.35. The Morgan fingerprint density at radius 2 is 1.59 bits per heavy atom. The van der Waals surface area contributed by atoms with E-state index in [0.29, 0.717) is 5.02 Å². The van der Waals surface area contributed by atoms with Crippen LogP contribution in [0.2, 0.25) is 10.0 Å². The van der Waals surface area contributed by atoms with Gasteiger partial charge in [0.15, 0.2) is 0 Å². The Hall–Kier alpha value is -0.280. The normalized spacial score (nSPS) is 10.6. The van der Waals surface area contributed by atoms with Crippen molar-refractivity contribution >= 4 is 48.5 Å². The molecule has 2 aromatic rings. The van der Waals surface area contributed by atoms with Crippen LogP contribution in [-0.4, -0.2) is 0 Å². The summed E-state index contributed by atoms with van der Waals surface area (Å²) in [6, 6.07) is 11.4. The quantitative estimate of drug-likeness (QED) is 0.703. The summed E-state index contributed by atoms with van der Waals surface area (Å²) < 4.78 is 0. The predicted octanol–water partition coefficient (Wildman–Crippen LogP) is 5.16. The highest BCUT2D eigenvalue weighted by Crippen LogP contribution is 2.26. The van der Waals surface area contributed by atoms with E-state index in [0.717, 1.165) is 32.4 Å². The smallest absolute Gasteiger partial charge is 0.0452 e. The van der Waals surface area contributed by atoms with E-state index in [1.165, 1.54) is 0 Å². The molecule has 0 aromatic heterocycles. The van der Waals surface area contributed by atoms with Gasteiger partial charge in [0.1, 0.15) is 0 Å². The molecule has 0 heterocycles. The molecule has 88 valence electrons. The Morgan fingerprint density at radius 3 is 2.24 bits per heavy atom. The zero-order valence-electron chi connectivity index (χ0n) is 8.82. The van der Waals surface area contributed by atoms with Crippen LogP contribution in [0.5, 0.6) is 0 Å². The van der Waals surface area contributed by atoms with Crippen molar-refractivity contribution in [3.05, 3.63) is 57.6 Å². The van der Waals surface area contributed by atoms with Gasteiger partial charge in [-0.2, -0.15) is 0 Å². The van der Waals surface area contributed by atoms with Gasteiger partial charge < -0.3 is 0 Å². The van der Waals surface area contributed by atoms with Gasteiger partial charge in [0, 0.05) is 26.3 Å². The predicted molar refractivity (Wildman–Crippen MR) is 80.2 cm³/mol. The van der Waals surface area contributed by atoms with Crippen molar-refractivity contribution in [3.63, 3.8) is 0 Å². The van der Waals surface area contributed by atoms with Gasteiger partial charge in [-0.25, -0.2) is 0 Å². The van der Waals surface area contributed by atoms with Gasteiger partial charge in [0.2, 0.25) is 0 Å². The minimum absolute atomic E-state index is 0.690. The van der Waals surface area contributed by atoms with Crippen molar-refractivity contribution in [2.45, 2.75) is 16.2 Å². The van der Waals surface area contributed by atoms with Gasteiger partial charge in [0.05, 0.1) is 0 Å². The van der Waals surface area contributed by atoms with E-state index in [9.17, 15) is 0 Å². The fraction of sp³-hybridized carbons (Fsp3) is 0.0769. The highest BCUT2D eigenvalue weighted by atomic mass is 35.5. The third-order valence-electron chi connectivity index (χ3n) is 2.46. The van der Waals surface area contributed by atoms with Gasteiger partial charge in [-0.3, -0.25) is 0 Å². The Labute approximate surface area is 122 Å². The summed E-state index contributed by atoms with van der Waals surface area (Å²) in [6.07, 6.45) is 0.739. The summed E-state index contributed by atoms with van der Waals surface area (Å²) in [4.78, 5) is 1.74. The molecule has 0 fully saturated rings. The van der Waals surface area contributed by atoms with E-state index in [-0.39, 0.29) is 0 Å². The van der Waals surface area contributed by atoms with E-state index in [4.69, 9.17) is 23.2 Å². The molecule has 0 N–H and O–H groups in total. The molecular formula is C13H10Cl2S2. The molecule has 0 spiro atoms. The molecule has 0 unspecified atom stereocenters. The molecule has 4 heteroatoms. The van der Waals surface area contributed by atoms with E-state index in [1.54, 1.807) is 0 Å².